The van der Waals surface area contributed by atoms with Gasteiger partial charge in [0.15, 0.2) is 5.78 Å². The summed E-state index contributed by atoms with van der Waals surface area (Å²) in [7, 11) is 0. The van der Waals surface area contributed by atoms with Crippen molar-refractivity contribution in [1.29, 1.82) is 0 Å². The van der Waals surface area contributed by atoms with Crippen LogP contribution in [0, 0.1) is 12.8 Å². The molecule has 0 atom stereocenters. The zero-order valence-corrected chi connectivity index (χ0v) is 19.3. The zero-order valence-electron chi connectivity index (χ0n) is 19.3. The van der Waals surface area contributed by atoms with Crippen LogP contribution in [0.5, 0.6) is 0 Å². The highest BCUT2D eigenvalue weighted by molar-refractivity contribution is 5.97. The van der Waals surface area contributed by atoms with E-state index in [0.29, 0.717) is 12.2 Å². The van der Waals surface area contributed by atoms with Crippen LogP contribution in [0.3, 0.4) is 0 Å². The molecule has 1 aromatic carbocycles. The Morgan fingerprint density at radius 2 is 1.57 bits per heavy atom. The van der Waals surface area contributed by atoms with Gasteiger partial charge in [-0.2, -0.15) is 0 Å². The first-order chi connectivity index (χ1) is 13.3. The minimum atomic E-state index is 0.233. The summed E-state index contributed by atoms with van der Waals surface area (Å²) in [6, 6.07) is 6.09. The van der Waals surface area contributed by atoms with Gasteiger partial charge in [-0.05, 0) is 38.7 Å². The number of aryl methyl sites for hydroxylation is 2. The summed E-state index contributed by atoms with van der Waals surface area (Å²) in [6.07, 6.45) is 6.22. The average molecular weight is 391 g/mol. The Morgan fingerprint density at radius 3 is 1.96 bits per heavy atom. The van der Waals surface area contributed by atoms with Gasteiger partial charge in [-0.25, -0.2) is 0 Å². The quantitative estimate of drug-likeness (QED) is 0.274. The Bertz CT molecular complexity index is 545. The summed E-state index contributed by atoms with van der Waals surface area (Å²) in [5.41, 5.74) is 3.33. The first-order valence-electron chi connectivity index (χ1n) is 10.3. The molecule has 0 aliphatic heterocycles. The summed E-state index contributed by atoms with van der Waals surface area (Å²) in [5, 5.41) is 0. The van der Waals surface area contributed by atoms with Crippen molar-refractivity contribution in [1.82, 2.24) is 0 Å². The number of Topliss-reactive ketones (excluding diaryl/α,β-unsaturated/α-hetero) is 2. The van der Waals surface area contributed by atoms with Gasteiger partial charge in [-0.15, -0.1) is 13.2 Å². The maximum atomic E-state index is 11.7. The molecule has 0 saturated heterocycles. The third-order valence-corrected chi connectivity index (χ3v) is 3.84. The monoisotopic (exact) mass is 390 g/mol. The number of hydrogen-bond acceptors (Lipinski definition) is 3. The van der Waals surface area contributed by atoms with Gasteiger partial charge in [0.2, 0.25) is 0 Å². The Morgan fingerprint density at radius 1 is 1.04 bits per heavy atom. The van der Waals surface area contributed by atoms with Crippen LogP contribution in [-0.2, 0) is 16.0 Å². The molecule has 1 aromatic rings. The standard InChI is InChI=1S/C13H18O.C8H16O.C2H4O.C2H4/c1-4-6-13(14)12-8-7-10(3)9-11(12)5-2;1-4-5-6-8(9)7(2)3;1-2-3;1-2/h7-9H,4-6H2,1-3H3;7H,4-6H2,1-3H3;2H,1H3;1-2H2. The van der Waals surface area contributed by atoms with Crippen molar-refractivity contribution in [3.63, 3.8) is 0 Å². The molecule has 0 amide bonds. The van der Waals surface area contributed by atoms with Crippen LogP contribution in [0.15, 0.2) is 31.4 Å². The van der Waals surface area contributed by atoms with Gasteiger partial charge in [0.05, 0.1) is 0 Å². The van der Waals surface area contributed by atoms with E-state index in [4.69, 9.17) is 4.79 Å². The van der Waals surface area contributed by atoms with Gasteiger partial charge in [0.1, 0.15) is 12.1 Å². The molecule has 0 aromatic heterocycles. The number of rotatable bonds is 8. The van der Waals surface area contributed by atoms with Crippen LogP contribution >= 0.6 is 0 Å². The Balaban J connectivity index is -0.000000385. The normalized spacial score (nSPS) is 9.00. The van der Waals surface area contributed by atoms with E-state index in [0.717, 1.165) is 44.0 Å². The molecule has 0 spiro atoms. The summed E-state index contributed by atoms with van der Waals surface area (Å²) in [5.74, 6) is 0.915. The van der Waals surface area contributed by atoms with Gasteiger partial charge < -0.3 is 4.79 Å². The van der Waals surface area contributed by atoms with E-state index in [1.54, 1.807) is 0 Å². The number of carbonyl (C=O) groups excluding carboxylic acids is 3. The fourth-order valence-electron chi connectivity index (χ4n) is 2.29. The molecule has 0 saturated carbocycles. The van der Waals surface area contributed by atoms with E-state index < -0.39 is 0 Å². The van der Waals surface area contributed by atoms with Crippen molar-refractivity contribution in [2.45, 2.75) is 87.0 Å². The van der Waals surface area contributed by atoms with E-state index in [9.17, 15) is 9.59 Å². The van der Waals surface area contributed by atoms with Crippen LogP contribution in [0.2, 0.25) is 0 Å². The van der Waals surface area contributed by atoms with E-state index in [2.05, 4.69) is 40.0 Å². The number of hydrogen-bond donors (Lipinski definition) is 0. The molecule has 0 fully saturated rings. The smallest absolute Gasteiger partial charge is 0.163 e. The second-order valence-electron chi connectivity index (χ2n) is 6.65. The number of aldehydes is 1. The van der Waals surface area contributed by atoms with Crippen molar-refractivity contribution in [3.05, 3.63) is 48.0 Å². The topological polar surface area (TPSA) is 51.2 Å². The number of carbonyl (C=O) groups is 3. The van der Waals surface area contributed by atoms with E-state index in [1.807, 2.05) is 32.9 Å². The second kappa shape index (κ2) is 21.3. The van der Waals surface area contributed by atoms with Crippen LogP contribution < -0.4 is 0 Å². The van der Waals surface area contributed by atoms with E-state index in [-0.39, 0.29) is 11.7 Å². The molecule has 0 aliphatic carbocycles. The van der Waals surface area contributed by atoms with E-state index >= 15 is 0 Å². The molecule has 0 unspecified atom stereocenters. The molecular weight excluding hydrogens is 348 g/mol. The molecule has 28 heavy (non-hydrogen) atoms. The fraction of sp³-hybridized carbons (Fsp3) is 0.560. The van der Waals surface area contributed by atoms with Gasteiger partial charge in [-0.1, -0.05) is 64.8 Å². The lowest BCUT2D eigenvalue weighted by molar-refractivity contribution is -0.122. The van der Waals surface area contributed by atoms with Gasteiger partial charge >= 0.3 is 0 Å². The highest BCUT2D eigenvalue weighted by atomic mass is 16.1. The second-order valence-corrected chi connectivity index (χ2v) is 6.65. The van der Waals surface area contributed by atoms with Crippen LogP contribution in [0.25, 0.3) is 0 Å². The molecular formula is C25H42O3. The van der Waals surface area contributed by atoms with Crippen molar-refractivity contribution in [2.24, 2.45) is 5.92 Å². The first-order valence-corrected chi connectivity index (χ1v) is 10.3. The van der Waals surface area contributed by atoms with Crippen LogP contribution in [-0.4, -0.2) is 17.9 Å². The van der Waals surface area contributed by atoms with E-state index in [1.165, 1.54) is 18.1 Å². The summed E-state index contributed by atoms with van der Waals surface area (Å²) < 4.78 is 0. The van der Waals surface area contributed by atoms with Gasteiger partial charge in [0, 0.05) is 24.3 Å². The van der Waals surface area contributed by atoms with Gasteiger partial charge in [-0.3, -0.25) is 9.59 Å². The predicted octanol–water partition coefficient (Wildman–Crippen LogP) is 6.95. The minimum absolute atomic E-state index is 0.233. The maximum Gasteiger partial charge on any atom is 0.163 e. The lowest BCUT2D eigenvalue weighted by atomic mass is 9.97. The molecule has 0 bridgehead atoms. The Kier molecular flexibility index (Phi) is 23.3. The fourth-order valence-corrected chi connectivity index (χ4v) is 2.29. The average Bonchev–Trinajstić information content (AvgIpc) is 2.68. The lowest BCUT2D eigenvalue weighted by Crippen LogP contribution is -2.05. The summed E-state index contributed by atoms with van der Waals surface area (Å²) in [6.45, 7) is 19.7. The van der Waals surface area contributed by atoms with Crippen LogP contribution in [0.1, 0.15) is 95.1 Å². The van der Waals surface area contributed by atoms with Gasteiger partial charge in [0.25, 0.3) is 0 Å². The first kappa shape index (κ1) is 30.7. The molecule has 160 valence electrons. The Labute approximate surface area is 173 Å². The molecule has 0 radical (unpaired) electrons. The maximum absolute atomic E-state index is 11.7. The number of ketones is 2. The summed E-state index contributed by atoms with van der Waals surface area (Å²) in [4.78, 5) is 31.4. The summed E-state index contributed by atoms with van der Waals surface area (Å²) >= 11 is 0. The third-order valence-electron chi connectivity index (χ3n) is 3.84. The molecule has 0 aliphatic rings. The highest BCUT2D eigenvalue weighted by Crippen LogP contribution is 2.15. The number of unbranched alkanes of at least 4 members (excludes halogenated alkanes) is 1. The Hall–Kier alpha value is -2.03. The largest absolute Gasteiger partial charge is 0.304 e. The van der Waals surface area contributed by atoms with Crippen molar-refractivity contribution in [2.75, 3.05) is 0 Å². The number of benzene rings is 1. The van der Waals surface area contributed by atoms with Crippen LogP contribution in [0.4, 0.5) is 0 Å². The predicted molar refractivity (Wildman–Crippen MR) is 122 cm³/mol. The molecule has 1 rings (SSSR count). The molecule has 3 heteroatoms. The molecule has 0 N–H and O–H groups in total. The van der Waals surface area contributed by atoms with Crippen molar-refractivity contribution >= 4 is 17.9 Å². The SMILES string of the molecule is C=C.CC=O.CCCC(=O)c1ccc(C)cc1CC.CCCCC(=O)C(C)C. The lowest BCUT2D eigenvalue weighted by Gasteiger charge is -2.07. The van der Waals surface area contributed by atoms with Crippen molar-refractivity contribution in [3.8, 4) is 0 Å². The molecule has 3 nitrogen and oxygen atoms in total. The minimum Gasteiger partial charge on any atom is -0.304 e. The third kappa shape index (κ3) is 16.2. The highest BCUT2D eigenvalue weighted by Gasteiger charge is 2.08. The molecule has 0 heterocycles. The zero-order chi connectivity index (χ0) is 22.5. The van der Waals surface area contributed by atoms with Crippen molar-refractivity contribution < 1.29 is 14.4 Å².